The molecule has 23 heavy (non-hydrogen) atoms. The van der Waals surface area contributed by atoms with Crippen LogP contribution in [0.15, 0.2) is 33.5 Å². The van der Waals surface area contributed by atoms with Crippen LogP contribution in [0.3, 0.4) is 0 Å². The average molecular weight is 314 g/mol. The third-order valence-corrected chi connectivity index (χ3v) is 4.57. The second kappa shape index (κ2) is 7.64. The Kier molecular flexibility index (Phi) is 5.34. The topological polar surface area (TPSA) is 45.5 Å². The van der Waals surface area contributed by atoms with Crippen molar-refractivity contribution in [1.82, 2.24) is 4.90 Å². The number of para-hydroxylation sites is 1. The van der Waals surface area contributed by atoms with Gasteiger partial charge in [0.1, 0.15) is 5.58 Å². The average Bonchev–Trinajstić information content (AvgIpc) is 2.58. The monoisotopic (exact) mass is 314 g/mol. The van der Waals surface area contributed by atoms with E-state index in [1.807, 2.05) is 24.3 Å². The summed E-state index contributed by atoms with van der Waals surface area (Å²) in [4.78, 5) is 14.9. The number of fused-ring (bicyclic) bond motifs is 1. The van der Waals surface area contributed by atoms with Gasteiger partial charge >= 0.3 is 5.63 Å². The fourth-order valence-corrected chi connectivity index (χ4v) is 3.27. The van der Waals surface area contributed by atoms with Gasteiger partial charge in [-0.05, 0) is 44.5 Å². The minimum atomic E-state index is -0.201. The number of unbranched alkanes of at least 4 members (excludes halogenated alkanes) is 1. The molecule has 0 unspecified atom stereocenters. The highest BCUT2D eigenvalue weighted by molar-refractivity contribution is 5.91. The van der Waals surface area contributed by atoms with Crippen molar-refractivity contribution in [1.29, 1.82) is 0 Å². The molecule has 0 aliphatic carbocycles. The summed E-state index contributed by atoms with van der Waals surface area (Å²) in [5, 5.41) is 4.51. The summed E-state index contributed by atoms with van der Waals surface area (Å²) >= 11 is 0. The maximum atomic E-state index is 12.5. The van der Waals surface area contributed by atoms with E-state index in [1.165, 1.54) is 19.3 Å². The number of nitrogens with one attached hydrogen (secondary N) is 1. The van der Waals surface area contributed by atoms with Gasteiger partial charge in [-0.2, -0.15) is 0 Å². The van der Waals surface area contributed by atoms with Crippen molar-refractivity contribution in [2.45, 2.75) is 45.6 Å². The molecule has 2 aromatic rings. The van der Waals surface area contributed by atoms with Gasteiger partial charge in [-0.15, -0.1) is 0 Å². The molecule has 3 rings (SSSR count). The molecule has 0 radical (unpaired) electrons. The number of hydrogen-bond acceptors (Lipinski definition) is 4. The van der Waals surface area contributed by atoms with Crippen molar-refractivity contribution < 1.29 is 4.42 Å². The first-order valence-corrected chi connectivity index (χ1v) is 8.80. The van der Waals surface area contributed by atoms with Crippen LogP contribution in [0.2, 0.25) is 0 Å². The number of anilines is 1. The molecule has 0 saturated carbocycles. The van der Waals surface area contributed by atoms with Crippen LogP contribution in [0.25, 0.3) is 11.0 Å². The van der Waals surface area contributed by atoms with Crippen molar-refractivity contribution >= 4 is 16.7 Å². The molecule has 4 heteroatoms. The summed E-state index contributed by atoms with van der Waals surface area (Å²) in [5.41, 5.74) is 2.21. The third-order valence-electron chi connectivity index (χ3n) is 4.57. The summed E-state index contributed by atoms with van der Waals surface area (Å²) in [5.74, 6) is 0. The van der Waals surface area contributed by atoms with Crippen LogP contribution < -0.4 is 10.9 Å². The Balaban J connectivity index is 1.97. The van der Waals surface area contributed by atoms with E-state index in [4.69, 9.17) is 4.42 Å². The highest BCUT2D eigenvalue weighted by atomic mass is 16.4. The van der Waals surface area contributed by atoms with Crippen molar-refractivity contribution in [2.24, 2.45) is 0 Å². The molecular weight excluding hydrogens is 288 g/mol. The largest absolute Gasteiger partial charge is 0.422 e. The van der Waals surface area contributed by atoms with Gasteiger partial charge in [0.15, 0.2) is 0 Å². The van der Waals surface area contributed by atoms with Crippen molar-refractivity contribution in [3.63, 3.8) is 0 Å². The Morgan fingerprint density at radius 1 is 1.17 bits per heavy atom. The fraction of sp³-hybridized carbons (Fsp3) is 0.526. The van der Waals surface area contributed by atoms with Gasteiger partial charge in [0, 0.05) is 18.5 Å². The molecule has 1 saturated heterocycles. The lowest BCUT2D eigenvalue weighted by atomic mass is 10.1. The molecule has 1 aromatic carbocycles. The van der Waals surface area contributed by atoms with Gasteiger partial charge in [-0.3, -0.25) is 4.90 Å². The predicted octanol–water partition coefficient (Wildman–Crippen LogP) is 3.99. The number of nitrogens with zero attached hydrogens (tertiary/aromatic N) is 1. The molecule has 1 fully saturated rings. The van der Waals surface area contributed by atoms with Crippen LogP contribution in [0.1, 0.15) is 44.6 Å². The predicted molar refractivity (Wildman–Crippen MR) is 95.0 cm³/mol. The van der Waals surface area contributed by atoms with E-state index in [9.17, 15) is 4.79 Å². The number of likely N-dealkylation sites (tertiary alicyclic amines) is 1. The fourth-order valence-electron chi connectivity index (χ4n) is 3.27. The number of benzene rings is 1. The molecule has 0 spiro atoms. The molecular formula is C19H26N2O2. The Bertz CT molecular complexity index is 702. The smallest absolute Gasteiger partial charge is 0.342 e. The molecule has 1 aliphatic heterocycles. The molecule has 0 amide bonds. The van der Waals surface area contributed by atoms with Gasteiger partial charge in [0.2, 0.25) is 0 Å². The van der Waals surface area contributed by atoms with Gasteiger partial charge in [0.25, 0.3) is 0 Å². The molecule has 1 N–H and O–H groups in total. The second-order valence-corrected chi connectivity index (χ2v) is 6.36. The standard InChI is InChI=1S/C19H26N2O2/c1-2-3-11-20-18-15-9-5-6-10-17(15)23-19(22)16(18)14-21-12-7-4-8-13-21/h5-6,9-10,20H,2-4,7-8,11-14H2,1H3. The second-order valence-electron chi connectivity index (χ2n) is 6.36. The Morgan fingerprint density at radius 2 is 1.96 bits per heavy atom. The van der Waals surface area contributed by atoms with Crippen molar-refractivity contribution in [3.05, 3.63) is 40.2 Å². The number of piperidine rings is 1. The SMILES string of the molecule is CCCCNc1c(CN2CCCCC2)c(=O)oc2ccccc12. The molecule has 0 bridgehead atoms. The minimum Gasteiger partial charge on any atom is -0.422 e. The van der Waals surface area contributed by atoms with E-state index < -0.39 is 0 Å². The van der Waals surface area contributed by atoms with E-state index in [1.54, 1.807) is 0 Å². The van der Waals surface area contributed by atoms with Gasteiger partial charge in [-0.1, -0.05) is 31.9 Å². The lowest BCUT2D eigenvalue weighted by Crippen LogP contribution is -2.31. The zero-order chi connectivity index (χ0) is 16.1. The molecule has 0 atom stereocenters. The summed E-state index contributed by atoms with van der Waals surface area (Å²) in [6.07, 6.45) is 5.96. The Hall–Kier alpha value is -1.81. The van der Waals surface area contributed by atoms with Crippen molar-refractivity contribution in [3.8, 4) is 0 Å². The number of rotatable bonds is 6. The van der Waals surface area contributed by atoms with Crippen LogP contribution in [-0.4, -0.2) is 24.5 Å². The van der Waals surface area contributed by atoms with Gasteiger partial charge < -0.3 is 9.73 Å². The lowest BCUT2D eigenvalue weighted by Gasteiger charge is -2.27. The molecule has 4 nitrogen and oxygen atoms in total. The summed E-state index contributed by atoms with van der Waals surface area (Å²) in [6.45, 7) is 5.88. The molecule has 2 heterocycles. The first-order valence-electron chi connectivity index (χ1n) is 8.80. The summed E-state index contributed by atoms with van der Waals surface area (Å²) in [7, 11) is 0. The van der Waals surface area contributed by atoms with Crippen LogP contribution in [0.4, 0.5) is 5.69 Å². The first kappa shape index (κ1) is 16.1. The maximum Gasteiger partial charge on any atom is 0.342 e. The van der Waals surface area contributed by atoms with Gasteiger partial charge in [0.05, 0.1) is 11.3 Å². The Labute approximate surface area is 137 Å². The van der Waals surface area contributed by atoms with Crippen LogP contribution in [0.5, 0.6) is 0 Å². The normalized spacial score (nSPS) is 15.9. The number of hydrogen-bond donors (Lipinski definition) is 1. The van der Waals surface area contributed by atoms with E-state index in [2.05, 4.69) is 17.1 Å². The minimum absolute atomic E-state index is 0.201. The van der Waals surface area contributed by atoms with Crippen LogP contribution in [-0.2, 0) is 6.54 Å². The van der Waals surface area contributed by atoms with E-state index in [0.29, 0.717) is 12.1 Å². The summed E-state index contributed by atoms with van der Waals surface area (Å²) in [6, 6.07) is 7.81. The van der Waals surface area contributed by atoms with Crippen molar-refractivity contribution in [2.75, 3.05) is 25.0 Å². The Morgan fingerprint density at radius 3 is 2.74 bits per heavy atom. The molecule has 1 aromatic heterocycles. The highest BCUT2D eigenvalue weighted by Crippen LogP contribution is 2.26. The highest BCUT2D eigenvalue weighted by Gasteiger charge is 2.18. The quantitative estimate of drug-likeness (QED) is 0.647. The molecule has 124 valence electrons. The zero-order valence-corrected chi connectivity index (χ0v) is 13.9. The first-order chi connectivity index (χ1) is 11.3. The van der Waals surface area contributed by atoms with Crippen LogP contribution in [0, 0.1) is 0 Å². The van der Waals surface area contributed by atoms with E-state index >= 15 is 0 Å². The van der Waals surface area contributed by atoms with E-state index in [-0.39, 0.29) is 5.63 Å². The van der Waals surface area contributed by atoms with Gasteiger partial charge in [-0.25, -0.2) is 4.79 Å². The third kappa shape index (κ3) is 3.75. The summed E-state index contributed by atoms with van der Waals surface area (Å²) < 4.78 is 5.56. The van der Waals surface area contributed by atoms with E-state index in [0.717, 1.165) is 49.1 Å². The molecule has 1 aliphatic rings. The lowest BCUT2D eigenvalue weighted by molar-refractivity contribution is 0.219. The van der Waals surface area contributed by atoms with Crippen LogP contribution >= 0.6 is 0 Å². The maximum absolute atomic E-state index is 12.5. The zero-order valence-electron chi connectivity index (χ0n) is 13.9.